The van der Waals surface area contributed by atoms with Gasteiger partial charge in [-0.25, -0.2) is 0 Å². The van der Waals surface area contributed by atoms with Crippen LogP contribution in [-0.2, 0) is 0 Å². The molecule has 1 aromatic rings. The predicted molar refractivity (Wildman–Crippen MR) is 69.5 cm³/mol. The van der Waals surface area contributed by atoms with Crippen LogP contribution in [0.4, 0.5) is 0 Å². The number of nitrogens with one attached hydrogen (secondary N) is 1. The summed E-state index contributed by atoms with van der Waals surface area (Å²) in [7, 11) is 3.15. The molecule has 0 aromatic heterocycles. The lowest BCUT2D eigenvalue weighted by Gasteiger charge is -2.15. The molecule has 0 bridgehead atoms. The molecular formula is C14H19NO3. The highest BCUT2D eigenvalue weighted by molar-refractivity contribution is 6.02. The maximum Gasteiger partial charge on any atom is 0.183 e. The molecule has 0 amide bonds. The van der Waals surface area contributed by atoms with Gasteiger partial charge in [0.15, 0.2) is 5.78 Å². The Morgan fingerprint density at radius 3 is 2.61 bits per heavy atom. The van der Waals surface area contributed by atoms with Gasteiger partial charge in [-0.2, -0.15) is 0 Å². The fourth-order valence-electron chi connectivity index (χ4n) is 1.91. The van der Waals surface area contributed by atoms with Crippen molar-refractivity contribution in [1.82, 2.24) is 5.32 Å². The Kier molecular flexibility index (Phi) is 3.87. The van der Waals surface area contributed by atoms with E-state index in [1.54, 1.807) is 32.4 Å². The van der Waals surface area contributed by atoms with Gasteiger partial charge in [-0.3, -0.25) is 4.79 Å². The average Bonchev–Trinajstić information content (AvgIpc) is 3.20. The van der Waals surface area contributed by atoms with Crippen molar-refractivity contribution in [1.29, 1.82) is 0 Å². The van der Waals surface area contributed by atoms with Crippen LogP contribution >= 0.6 is 0 Å². The summed E-state index contributed by atoms with van der Waals surface area (Å²) in [5.41, 5.74) is 0.596. The van der Waals surface area contributed by atoms with E-state index in [0.717, 1.165) is 12.8 Å². The van der Waals surface area contributed by atoms with Crippen molar-refractivity contribution in [3.05, 3.63) is 23.8 Å². The van der Waals surface area contributed by atoms with Gasteiger partial charge in [-0.05, 0) is 31.9 Å². The van der Waals surface area contributed by atoms with Gasteiger partial charge < -0.3 is 14.8 Å². The lowest BCUT2D eigenvalue weighted by atomic mass is 10.0. The number of ether oxygens (including phenoxy) is 2. The van der Waals surface area contributed by atoms with Gasteiger partial charge in [0.25, 0.3) is 0 Å². The molecule has 1 saturated carbocycles. The first-order chi connectivity index (χ1) is 8.65. The van der Waals surface area contributed by atoms with Gasteiger partial charge >= 0.3 is 0 Å². The molecule has 1 aliphatic rings. The molecule has 98 valence electrons. The molecule has 4 nitrogen and oxygen atoms in total. The number of hydrogen-bond acceptors (Lipinski definition) is 4. The van der Waals surface area contributed by atoms with E-state index in [4.69, 9.17) is 9.47 Å². The van der Waals surface area contributed by atoms with Crippen molar-refractivity contribution in [2.75, 3.05) is 14.2 Å². The Hall–Kier alpha value is -1.55. The minimum atomic E-state index is -0.181. The van der Waals surface area contributed by atoms with Crippen LogP contribution in [0.3, 0.4) is 0 Å². The molecule has 1 aromatic carbocycles. The summed E-state index contributed by atoms with van der Waals surface area (Å²) < 4.78 is 10.4. The molecule has 0 heterocycles. The van der Waals surface area contributed by atoms with E-state index in [0.29, 0.717) is 23.1 Å². The normalized spacial score (nSPS) is 16.2. The van der Waals surface area contributed by atoms with E-state index >= 15 is 0 Å². The third-order valence-electron chi connectivity index (χ3n) is 3.13. The first-order valence-corrected chi connectivity index (χ1v) is 6.18. The zero-order chi connectivity index (χ0) is 13.1. The fourth-order valence-corrected chi connectivity index (χ4v) is 1.91. The zero-order valence-corrected chi connectivity index (χ0v) is 11.0. The number of Topliss-reactive ketones (excluding diaryl/α,β-unsaturated/α-hetero) is 1. The van der Waals surface area contributed by atoms with Gasteiger partial charge in [0, 0.05) is 12.1 Å². The second kappa shape index (κ2) is 5.40. The molecule has 2 rings (SSSR count). The summed E-state index contributed by atoms with van der Waals surface area (Å²) in [6, 6.07) is 5.59. The lowest BCUT2D eigenvalue weighted by molar-refractivity contribution is 0.0947. The van der Waals surface area contributed by atoms with E-state index in [-0.39, 0.29) is 11.8 Å². The average molecular weight is 249 g/mol. The minimum Gasteiger partial charge on any atom is -0.497 e. The highest BCUT2D eigenvalue weighted by atomic mass is 16.5. The second-order valence-corrected chi connectivity index (χ2v) is 4.59. The Balaban J connectivity index is 2.17. The maximum atomic E-state index is 12.3. The summed E-state index contributed by atoms with van der Waals surface area (Å²) in [6.07, 6.45) is 2.33. The third kappa shape index (κ3) is 2.82. The summed E-state index contributed by atoms with van der Waals surface area (Å²) in [6.45, 7) is 1.89. The lowest BCUT2D eigenvalue weighted by Crippen LogP contribution is -2.35. The molecule has 1 aliphatic carbocycles. The minimum absolute atomic E-state index is 0.0569. The topological polar surface area (TPSA) is 47.6 Å². The van der Waals surface area contributed by atoms with Crippen LogP contribution < -0.4 is 14.8 Å². The first-order valence-electron chi connectivity index (χ1n) is 6.18. The van der Waals surface area contributed by atoms with Crippen LogP contribution in [0.2, 0.25) is 0 Å². The molecule has 0 aliphatic heterocycles. The predicted octanol–water partition coefficient (Wildman–Crippen LogP) is 2.03. The largest absolute Gasteiger partial charge is 0.497 e. The smallest absolute Gasteiger partial charge is 0.183 e. The van der Waals surface area contributed by atoms with Crippen LogP contribution in [0.25, 0.3) is 0 Å². The Morgan fingerprint density at radius 1 is 1.33 bits per heavy atom. The number of benzene rings is 1. The van der Waals surface area contributed by atoms with Crippen LogP contribution in [0.15, 0.2) is 18.2 Å². The van der Waals surface area contributed by atoms with Crippen molar-refractivity contribution in [2.45, 2.75) is 31.8 Å². The molecule has 1 fully saturated rings. The van der Waals surface area contributed by atoms with E-state index in [9.17, 15) is 4.79 Å². The maximum absolute atomic E-state index is 12.3. The molecule has 0 saturated heterocycles. The number of carbonyl (C=O) groups excluding carboxylic acids is 1. The number of hydrogen-bond donors (Lipinski definition) is 1. The molecule has 0 spiro atoms. The van der Waals surface area contributed by atoms with E-state index < -0.39 is 0 Å². The van der Waals surface area contributed by atoms with Crippen LogP contribution in [0.5, 0.6) is 11.5 Å². The number of ketones is 1. The Labute approximate surface area is 107 Å². The Bertz CT molecular complexity index is 441. The molecule has 18 heavy (non-hydrogen) atoms. The number of rotatable bonds is 6. The SMILES string of the molecule is COc1ccc(C(=O)C(C)NC2CC2)c(OC)c1. The molecule has 1 N–H and O–H groups in total. The molecule has 1 unspecified atom stereocenters. The van der Waals surface area contributed by atoms with Crippen LogP contribution in [0.1, 0.15) is 30.1 Å². The summed E-state index contributed by atoms with van der Waals surface area (Å²) in [5.74, 6) is 1.30. The van der Waals surface area contributed by atoms with Crippen molar-refractivity contribution < 1.29 is 14.3 Å². The second-order valence-electron chi connectivity index (χ2n) is 4.59. The van der Waals surface area contributed by atoms with Crippen molar-refractivity contribution in [2.24, 2.45) is 0 Å². The Morgan fingerprint density at radius 2 is 2.06 bits per heavy atom. The summed E-state index contributed by atoms with van der Waals surface area (Å²) in [5, 5.41) is 3.30. The van der Waals surface area contributed by atoms with Crippen molar-refractivity contribution >= 4 is 5.78 Å². The van der Waals surface area contributed by atoms with Gasteiger partial charge in [0.05, 0.1) is 25.8 Å². The number of methoxy groups -OCH3 is 2. The summed E-state index contributed by atoms with van der Waals surface area (Å²) in [4.78, 5) is 12.3. The molecular weight excluding hydrogens is 230 g/mol. The van der Waals surface area contributed by atoms with E-state index in [1.165, 1.54) is 0 Å². The number of carbonyl (C=O) groups is 1. The fraction of sp³-hybridized carbons (Fsp3) is 0.500. The molecule has 1 atom stereocenters. The quantitative estimate of drug-likeness (QED) is 0.784. The molecule has 0 radical (unpaired) electrons. The van der Waals surface area contributed by atoms with Crippen LogP contribution in [0, 0.1) is 0 Å². The van der Waals surface area contributed by atoms with Gasteiger partial charge in [-0.15, -0.1) is 0 Å². The standard InChI is InChI=1S/C14H19NO3/c1-9(15-10-4-5-10)14(16)12-7-6-11(17-2)8-13(12)18-3/h6-10,15H,4-5H2,1-3H3. The van der Waals surface area contributed by atoms with E-state index in [1.807, 2.05) is 6.92 Å². The van der Waals surface area contributed by atoms with Crippen LogP contribution in [-0.4, -0.2) is 32.1 Å². The molecule has 4 heteroatoms. The third-order valence-corrected chi connectivity index (χ3v) is 3.13. The van der Waals surface area contributed by atoms with Gasteiger partial charge in [-0.1, -0.05) is 0 Å². The van der Waals surface area contributed by atoms with Crippen molar-refractivity contribution in [3.8, 4) is 11.5 Å². The zero-order valence-electron chi connectivity index (χ0n) is 11.0. The highest BCUT2D eigenvalue weighted by Gasteiger charge is 2.27. The summed E-state index contributed by atoms with van der Waals surface area (Å²) >= 11 is 0. The van der Waals surface area contributed by atoms with Crippen molar-refractivity contribution in [3.63, 3.8) is 0 Å². The van der Waals surface area contributed by atoms with Gasteiger partial charge in [0.2, 0.25) is 0 Å². The first kappa shape index (κ1) is 12.9. The monoisotopic (exact) mass is 249 g/mol. The van der Waals surface area contributed by atoms with E-state index in [2.05, 4.69) is 5.32 Å². The van der Waals surface area contributed by atoms with Gasteiger partial charge in [0.1, 0.15) is 11.5 Å². The highest BCUT2D eigenvalue weighted by Crippen LogP contribution is 2.26.